The molecule has 0 atom stereocenters. The molecule has 0 unspecified atom stereocenters. The number of aliphatic imine (C=N–C) groups is 1. The molecule has 0 spiro atoms. The van der Waals surface area contributed by atoms with E-state index in [4.69, 9.17) is 4.74 Å². The molecule has 0 saturated heterocycles. The summed E-state index contributed by atoms with van der Waals surface area (Å²) >= 11 is 0. The van der Waals surface area contributed by atoms with Crippen LogP contribution in [0.25, 0.3) is 0 Å². The first-order valence-corrected chi connectivity index (χ1v) is 9.08. The zero-order chi connectivity index (χ0) is 15.7. The fourth-order valence-electron chi connectivity index (χ4n) is 3.07. The van der Waals surface area contributed by atoms with Crippen molar-refractivity contribution in [2.75, 3.05) is 26.2 Å². The predicted molar refractivity (Wildman–Crippen MR) is 106 cm³/mol. The smallest absolute Gasteiger partial charge is 0.191 e. The zero-order valence-electron chi connectivity index (χ0n) is 14.5. The van der Waals surface area contributed by atoms with Crippen molar-refractivity contribution in [2.45, 2.75) is 76.4 Å². The van der Waals surface area contributed by atoms with Crippen LogP contribution in [0.2, 0.25) is 0 Å². The van der Waals surface area contributed by atoms with Gasteiger partial charge in [-0.2, -0.15) is 0 Å². The highest BCUT2D eigenvalue weighted by atomic mass is 127. The van der Waals surface area contributed by atoms with E-state index >= 15 is 0 Å². The first-order valence-electron chi connectivity index (χ1n) is 9.08. The molecule has 2 fully saturated rings. The quantitative estimate of drug-likeness (QED) is 0.236. The summed E-state index contributed by atoms with van der Waals surface area (Å²) in [6.07, 6.45) is 10.8. The van der Waals surface area contributed by atoms with Crippen LogP contribution in [0, 0.1) is 0 Å². The van der Waals surface area contributed by atoms with Crippen LogP contribution in [0.15, 0.2) is 4.99 Å². The van der Waals surface area contributed by atoms with Crippen LogP contribution >= 0.6 is 24.0 Å². The standard InChI is InChI=1S/C17H33N3O2.HI/c1-2-18-16(20-14-17(21)10-6-11-17)19-12-7-13-22-15-8-4-3-5-9-15;/h15,21H,2-14H2,1H3,(H2,18,19,20);1H. The summed E-state index contributed by atoms with van der Waals surface area (Å²) in [5, 5.41) is 16.7. The van der Waals surface area contributed by atoms with Crippen molar-refractivity contribution in [1.82, 2.24) is 10.6 Å². The molecule has 2 saturated carbocycles. The molecule has 0 amide bonds. The predicted octanol–water partition coefficient (Wildman–Crippen LogP) is 2.81. The lowest BCUT2D eigenvalue weighted by atomic mass is 9.80. The first-order chi connectivity index (χ1) is 10.7. The van der Waals surface area contributed by atoms with Crippen LogP contribution < -0.4 is 10.6 Å². The lowest BCUT2D eigenvalue weighted by Crippen LogP contribution is -2.43. The SMILES string of the molecule is CCNC(=NCC1(O)CCC1)NCCCOC1CCCCC1.I. The van der Waals surface area contributed by atoms with E-state index < -0.39 is 5.60 Å². The molecule has 23 heavy (non-hydrogen) atoms. The third-order valence-electron chi connectivity index (χ3n) is 4.68. The second-order valence-corrected chi connectivity index (χ2v) is 6.68. The maximum absolute atomic E-state index is 10.1. The lowest BCUT2D eigenvalue weighted by molar-refractivity contribution is -0.0236. The van der Waals surface area contributed by atoms with Crippen LogP contribution in [0.5, 0.6) is 0 Å². The molecule has 0 radical (unpaired) electrons. The van der Waals surface area contributed by atoms with Crippen LogP contribution in [0.3, 0.4) is 0 Å². The first kappa shape index (κ1) is 21.0. The van der Waals surface area contributed by atoms with Crippen molar-refractivity contribution in [1.29, 1.82) is 0 Å². The summed E-state index contributed by atoms with van der Waals surface area (Å²) in [6, 6.07) is 0. The monoisotopic (exact) mass is 439 g/mol. The minimum absolute atomic E-state index is 0. The Kier molecular flexibility index (Phi) is 10.5. The molecule has 2 rings (SSSR count). The Morgan fingerprint density at radius 2 is 1.91 bits per heavy atom. The van der Waals surface area contributed by atoms with Crippen LogP contribution in [0.4, 0.5) is 0 Å². The second kappa shape index (κ2) is 11.5. The second-order valence-electron chi connectivity index (χ2n) is 6.68. The molecule has 2 aliphatic rings. The van der Waals surface area contributed by atoms with Crippen LogP contribution in [0.1, 0.15) is 64.7 Å². The fraction of sp³-hybridized carbons (Fsp3) is 0.941. The summed E-state index contributed by atoms with van der Waals surface area (Å²) < 4.78 is 5.93. The topological polar surface area (TPSA) is 65.9 Å². The van der Waals surface area contributed by atoms with Crippen molar-refractivity contribution >= 4 is 29.9 Å². The number of aliphatic hydroxyl groups is 1. The lowest BCUT2D eigenvalue weighted by Gasteiger charge is -2.35. The van der Waals surface area contributed by atoms with Crippen LogP contribution in [-0.4, -0.2) is 49.0 Å². The number of rotatable bonds is 8. The maximum Gasteiger partial charge on any atom is 0.191 e. The molecule has 0 bridgehead atoms. The number of nitrogens with one attached hydrogen (secondary N) is 2. The van der Waals surface area contributed by atoms with Crippen molar-refractivity contribution in [2.24, 2.45) is 4.99 Å². The number of hydrogen-bond acceptors (Lipinski definition) is 3. The van der Waals surface area contributed by atoms with E-state index in [2.05, 4.69) is 22.5 Å². The Morgan fingerprint density at radius 3 is 2.52 bits per heavy atom. The van der Waals surface area contributed by atoms with Gasteiger partial charge in [-0.15, -0.1) is 24.0 Å². The van der Waals surface area contributed by atoms with Crippen LogP contribution in [-0.2, 0) is 4.74 Å². The minimum Gasteiger partial charge on any atom is -0.388 e. The van der Waals surface area contributed by atoms with Gasteiger partial charge in [-0.1, -0.05) is 19.3 Å². The number of nitrogens with zero attached hydrogens (tertiary/aromatic N) is 1. The largest absolute Gasteiger partial charge is 0.388 e. The molecule has 136 valence electrons. The fourth-order valence-corrected chi connectivity index (χ4v) is 3.07. The highest BCUT2D eigenvalue weighted by molar-refractivity contribution is 14.0. The van der Waals surface area contributed by atoms with E-state index in [0.29, 0.717) is 12.6 Å². The Balaban J connectivity index is 0.00000264. The molecular formula is C17H34IN3O2. The average molecular weight is 439 g/mol. The number of hydrogen-bond donors (Lipinski definition) is 3. The third-order valence-corrected chi connectivity index (χ3v) is 4.68. The van der Waals surface area contributed by atoms with Gasteiger partial charge in [-0.05, 0) is 45.4 Å². The molecule has 5 nitrogen and oxygen atoms in total. The average Bonchev–Trinajstić information content (AvgIpc) is 2.51. The Bertz CT molecular complexity index is 343. The van der Waals surface area contributed by atoms with E-state index in [1.807, 2.05) is 0 Å². The van der Waals surface area contributed by atoms with Gasteiger partial charge in [0, 0.05) is 19.7 Å². The van der Waals surface area contributed by atoms with Gasteiger partial charge in [-0.3, -0.25) is 4.99 Å². The highest BCUT2D eigenvalue weighted by Crippen LogP contribution is 2.31. The molecule has 0 aromatic rings. The van der Waals surface area contributed by atoms with E-state index in [1.165, 1.54) is 32.1 Å². The van der Waals surface area contributed by atoms with Gasteiger partial charge in [0.15, 0.2) is 5.96 Å². The molecule has 2 aliphatic carbocycles. The number of guanidine groups is 1. The highest BCUT2D eigenvalue weighted by Gasteiger charge is 2.34. The van der Waals surface area contributed by atoms with Crippen molar-refractivity contribution in [3.8, 4) is 0 Å². The van der Waals surface area contributed by atoms with Gasteiger partial charge >= 0.3 is 0 Å². The van der Waals surface area contributed by atoms with E-state index in [0.717, 1.165) is 51.3 Å². The van der Waals surface area contributed by atoms with E-state index in [-0.39, 0.29) is 24.0 Å². The summed E-state index contributed by atoms with van der Waals surface area (Å²) in [5.41, 5.74) is -0.549. The van der Waals surface area contributed by atoms with Gasteiger partial charge in [-0.25, -0.2) is 0 Å². The molecular weight excluding hydrogens is 405 g/mol. The zero-order valence-corrected chi connectivity index (χ0v) is 16.8. The van der Waals surface area contributed by atoms with Gasteiger partial charge in [0.2, 0.25) is 0 Å². The van der Waals surface area contributed by atoms with Gasteiger partial charge in [0.1, 0.15) is 0 Å². The van der Waals surface area contributed by atoms with Gasteiger partial charge in [0.05, 0.1) is 18.2 Å². The van der Waals surface area contributed by atoms with Crippen molar-refractivity contribution < 1.29 is 9.84 Å². The maximum atomic E-state index is 10.1. The summed E-state index contributed by atoms with van der Waals surface area (Å²) in [5.74, 6) is 0.806. The molecule has 0 aliphatic heterocycles. The van der Waals surface area contributed by atoms with E-state index in [1.54, 1.807) is 0 Å². The van der Waals surface area contributed by atoms with Gasteiger partial charge in [0.25, 0.3) is 0 Å². The Labute approximate surface area is 158 Å². The minimum atomic E-state index is -0.549. The molecule has 6 heteroatoms. The number of halogens is 1. The summed E-state index contributed by atoms with van der Waals surface area (Å²) in [7, 11) is 0. The summed E-state index contributed by atoms with van der Waals surface area (Å²) in [6.45, 7) is 5.07. The van der Waals surface area contributed by atoms with Crippen molar-refractivity contribution in [3.05, 3.63) is 0 Å². The normalized spacial score (nSPS) is 21.2. The molecule has 0 heterocycles. The van der Waals surface area contributed by atoms with E-state index in [9.17, 15) is 5.11 Å². The Morgan fingerprint density at radius 1 is 1.17 bits per heavy atom. The molecule has 3 N–H and O–H groups in total. The third kappa shape index (κ3) is 8.03. The number of ether oxygens (including phenoxy) is 1. The molecule has 0 aromatic heterocycles. The Hall–Kier alpha value is -0.0800. The van der Waals surface area contributed by atoms with Gasteiger partial charge < -0.3 is 20.5 Å². The van der Waals surface area contributed by atoms with Crippen molar-refractivity contribution in [3.63, 3.8) is 0 Å². The summed E-state index contributed by atoms with van der Waals surface area (Å²) in [4.78, 5) is 4.50. The molecule has 0 aromatic carbocycles.